The van der Waals surface area contributed by atoms with Crippen LogP contribution in [0.1, 0.15) is 41.8 Å². The topological polar surface area (TPSA) is 120 Å². The molecule has 5 rings (SSSR count). The van der Waals surface area contributed by atoms with Gasteiger partial charge < -0.3 is 14.4 Å². The first-order valence-corrected chi connectivity index (χ1v) is 10.9. The molecule has 0 bridgehead atoms. The summed E-state index contributed by atoms with van der Waals surface area (Å²) in [6.07, 6.45) is 3.32. The van der Waals surface area contributed by atoms with Crippen molar-refractivity contribution in [1.82, 2.24) is 30.6 Å². The Morgan fingerprint density at radius 2 is 1.71 bits per heavy atom. The first kappa shape index (κ1) is 21.4. The summed E-state index contributed by atoms with van der Waals surface area (Å²) in [5.41, 5.74) is 3.58. The smallest absolute Gasteiger partial charge is 0.259 e. The number of fused-ring (bicyclic) bond motifs is 1. The van der Waals surface area contributed by atoms with Crippen molar-refractivity contribution in [3.05, 3.63) is 78.1 Å². The van der Waals surface area contributed by atoms with Crippen LogP contribution in [0.25, 0.3) is 33.7 Å². The number of carbonyl (C=O) groups is 1. The molecule has 9 heteroatoms. The minimum Gasteiger partial charge on any atom is -0.340 e. The van der Waals surface area contributed by atoms with Gasteiger partial charge in [-0.15, -0.1) is 0 Å². The Balaban J connectivity index is 1.51. The lowest BCUT2D eigenvalue weighted by atomic mass is 10.0. The van der Waals surface area contributed by atoms with Crippen LogP contribution in [0.4, 0.5) is 0 Å². The van der Waals surface area contributed by atoms with Gasteiger partial charge >= 0.3 is 0 Å². The van der Waals surface area contributed by atoms with Crippen LogP contribution >= 0.6 is 0 Å². The molecule has 4 heterocycles. The molecule has 1 amide bonds. The van der Waals surface area contributed by atoms with Crippen LogP contribution in [-0.4, -0.2) is 31.2 Å². The van der Waals surface area contributed by atoms with E-state index < -0.39 is 6.04 Å². The van der Waals surface area contributed by atoms with Gasteiger partial charge in [0.25, 0.3) is 11.6 Å². The highest BCUT2D eigenvalue weighted by Crippen LogP contribution is 2.29. The number of nitrogens with zero attached hydrogens (tertiary/aromatic N) is 5. The van der Waals surface area contributed by atoms with E-state index in [9.17, 15) is 4.79 Å². The number of benzene rings is 1. The molecule has 1 atom stereocenters. The van der Waals surface area contributed by atoms with Gasteiger partial charge in [-0.1, -0.05) is 54.5 Å². The molecule has 0 aliphatic rings. The van der Waals surface area contributed by atoms with E-state index in [2.05, 4.69) is 30.6 Å². The van der Waals surface area contributed by atoms with Gasteiger partial charge in [-0.2, -0.15) is 4.98 Å². The van der Waals surface area contributed by atoms with Crippen LogP contribution in [0.3, 0.4) is 0 Å². The molecule has 170 valence electrons. The zero-order chi connectivity index (χ0) is 23.7. The zero-order valence-corrected chi connectivity index (χ0v) is 18.9. The minimum atomic E-state index is -0.501. The van der Waals surface area contributed by atoms with Crippen molar-refractivity contribution in [3.8, 4) is 22.6 Å². The van der Waals surface area contributed by atoms with Gasteiger partial charge in [-0.25, -0.2) is 4.98 Å². The number of pyridine rings is 2. The summed E-state index contributed by atoms with van der Waals surface area (Å²) < 4.78 is 10.9. The lowest BCUT2D eigenvalue weighted by molar-refractivity contribution is 0.0915. The van der Waals surface area contributed by atoms with E-state index in [0.29, 0.717) is 39.8 Å². The second-order valence-corrected chi connectivity index (χ2v) is 8.26. The summed E-state index contributed by atoms with van der Waals surface area (Å²) >= 11 is 0. The number of aromatic nitrogens is 5. The van der Waals surface area contributed by atoms with E-state index >= 15 is 0 Å². The van der Waals surface area contributed by atoms with Gasteiger partial charge in [-0.3, -0.25) is 9.78 Å². The Bertz CT molecular complexity index is 1440. The van der Waals surface area contributed by atoms with Crippen molar-refractivity contribution in [2.75, 3.05) is 0 Å². The van der Waals surface area contributed by atoms with Gasteiger partial charge in [0, 0.05) is 23.5 Å². The van der Waals surface area contributed by atoms with E-state index in [1.165, 1.54) is 0 Å². The van der Waals surface area contributed by atoms with Gasteiger partial charge in [0.15, 0.2) is 0 Å². The molecule has 9 nitrogen and oxygen atoms in total. The number of hydrogen-bond donors (Lipinski definition) is 1. The van der Waals surface area contributed by atoms with Gasteiger partial charge in [0.2, 0.25) is 11.7 Å². The third-order valence-electron chi connectivity index (χ3n) is 5.53. The summed E-state index contributed by atoms with van der Waals surface area (Å²) in [5.74, 6) is 0.443. The third kappa shape index (κ3) is 4.03. The van der Waals surface area contributed by atoms with E-state index in [0.717, 1.165) is 11.1 Å². The highest BCUT2D eigenvalue weighted by atomic mass is 16.5. The number of amides is 1. The second kappa shape index (κ2) is 8.86. The Labute approximate surface area is 195 Å². The summed E-state index contributed by atoms with van der Waals surface area (Å²) in [4.78, 5) is 26.6. The van der Waals surface area contributed by atoms with E-state index in [4.69, 9.17) is 9.05 Å². The molecule has 1 N–H and O–H groups in total. The largest absolute Gasteiger partial charge is 0.340 e. The fourth-order valence-corrected chi connectivity index (χ4v) is 3.74. The molecule has 5 aromatic rings. The first-order chi connectivity index (χ1) is 16.5. The summed E-state index contributed by atoms with van der Waals surface area (Å²) in [6, 6.07) is 14.4. The van der Waals surface area contributed by atoms with Crippen LogP contribution in [0, 0.1) is 12.8 Å². The first-order valence-electron chi connectivity index (χ1n) is 10.9. The predicted octanol–water partition coefficient (Wildman–Crippen LogP) is 4.77. The number of nitrogens with one attached hydrogen (secondary N) is 1. The average Bonchev–Trinajstić information content (AvgIpc) is 3.50. The lowest BCUT2D eigenvalue weighted by Crippen LogP contribution is -2.32. The number of aryl methyl sites for hydroxylation is 1. The molecule has 0 aliphatic carbocycles. The summed E-state index contributed by atoms with van der Waals surface area (Å²) in [6.45, 7) is 5.73. The maximum atomic E-state index is 13.6. The Kier molecular flexibility index (Phi) is 5.59. The average molecular weight is 454 g/mol. The van der Waals surface area contributed by atoms with E-state index in [1.807, 2.05) is 44.2 Å². The minimum absolute atomic E-state index is 0.0100. The molecule has 4 aromatic heterocycles. The summed E-state index contributed by atoms with van der Waals surface area (Å²) in [5, 5.41) is 11.7. The summed E-state index contributed by atoms with van der Waals surface area (Å²) in [7, 11) is 0. The fraction of sp³-hybridized carbons (Fsp3) is 0.200. The van der Waals surface area contributed by atoms with Crippen molar-refractivity contribution in [3.63, 3.8) is 0 Å². The van der Waals surface area contributed by atoms with Crippen LogP contribution in [0.15, 0.2) is 70.0 Å². The van der Waals surface area contributed by atoms with Gasteiger partial charge in [0.05, 0.1) is 22.3 Å². The molecule has 0 spiro atoms. The highest BCUT2D eigenvalue weighted by molar-refractivity contribution is 6.07. The van der Waals surface area contributed by atoms with Crippen molar-refractivity contribution < 1.29 is 13.8 Å². The quantitative estimate of drug-likeness (QED) is 0.390. The maximum absolute atomic E-state index is 13.6. The van der Waals surface area contributed by atoms with Crippen LogP contribution in [0.2, 0.25) is 0 Å². The molecule has 1 unspecified atom stereocenters. The Morgan fingerprint density at radius 1 is 0.941 bits per heavy atom. The number of rotatable bonds is 6. The van der Waals surface area contributed by atoms with Crippen molar-refractivity contribution in [1.29, 1.82) is 0 Å². The van der Waals surface area contributed by atoms with Crippen molar-refractivity contribution in [2.45, 2.75) is 26.8 Å². The van der Waals surface area contributed by atoms with E-state index in [-0.39, 0.29) is 11.8 Å². The van der Waals surface area contributed by atoms with E-state index in [1.54, 1.807) is 37.5 Å². The van der Waals surface area contributed by atoms with Crippen molar-refractivity contribution in [2.24, 2.45) is 5.92 Å². The number of hydrogen-bond acceptors (Lipinski definition) is 8. The van der Waals surface area contributed by atoms with Crippen LogP contribution in [0.5, 0.6) is 0 Å². The molecular weight excluding hydrogens is 432 g/mol. The Morgan fingerprint density at radius 3 is 2.44 bits per heavy atom. The molecule has 0 fully saturated rings. The molecule has 0 saturated heterocycles. The normalized spacial score (nSPS) is 12.2. The third-order valence-corrected chi connectivity index (χ3v) is 5.53. The molecule has 1 aromatic carbocycles. The predicted molar refractivity (Wildman–Crippen MR) is 125 cm³/mol. The molecule has 0 radical (unpaired) electrons. The standard InChI is InChI=1S/C25H22N6O3/c1-14(2)21(25-29-22(31-34-25)17-9-11-26-12-10-17)28-23(32)18-13-19(16-7-5-4-6-8-16)27-24-20(18)15(3)30-33-24/h4-14,21H,1-3H3,(H,28,32). The molecule has 0 aliphatic heterocycles. The van der Waals surface area contributed by atoms with Gasteiger partial charge in [0.1, 0.15) is 6.04 Å². The lowest BCUT2D eigenvalue weighted by Gasteiger charge is -2.19. The monoisotopic (exact) mass is 454 g/mol. The van der Waals surface area contributed by atoms with Crippen LogP contribution < -0.4 is 5.32 Å². The van der Waals surface area contributed by atoms with Crippen LogP contribution in [-0.2, 0) is 0 Å². The SMILES string of the molecule is Cc1noc2nc(-c3ccccc3)cc(C(=O)NC(c3nc(-c4ccncc4)no3)C(C)C)c12. The van der Waals surface area contributed by atoms with Crippen molar-refractivity contribution >= 4 is 17.0 Å². The Hall–Kier alpha value is -4.40. The zero-order valence-electron chi connectivity index (χ0n) is 18.9. The maximum Gasteiger partial charge on any atom is 0.259 e. The molecule has 34 heavy (non-hydrogen) atoms. The molecular formula is C25H22N6O3. The highest BCUT2D eigenvalue weighted by Gasteiger charge is 2.27. The molecule has 0 saturated carbocycles. The number of carbonyl (C=O) groups excluding carboxylic acids is 1. The second-order valence-electron chi connectivity index (χ2n) is 8.26. The van der Waals surface area contributed by atoms with Gasteiger partial charge in [-0.05, 0) is 31.0 Å². The fourth-order valence-electron chi connectivity index (χ4n) is 3.74.